The van der Waals surface area contributed by atoms with Crippen LogP contribution in [0.1, 0.15) is 27.6 Å². The van der Waals surface area contributed by atoms with Crippen molar-refractivity contribution in [3.05, 3.63) is 95.5 Å². The van der Waals surface area contributed by atoms with Gasteiger partial charge in [-0.05, 0) is 56.3 Å². The first kappa shape index (κ1) is 20.5. The fourth-order valence-corrected chi connectivity index (χ4v) is 3.62. The Morgan fingerprint density at radius 3 is 2.52 bits per heavy atom. The zero-order chi connectivity index (χ0) is 22.9. The minimum atomic E-state index is -0.421. The van der Waals surface area contributed by atoms with Gasteiger partial charge in [-0.1, -0.05) is 18.2 Å². The molecule has 0 atom stereocenters. The van der Waals surface area contributed by atoms with E-state index in [1.807, 2.05) is 56.4 Å². The minimum Gasteiger partial charge on any atom is -0.345 e. The summed E-state index contributed by atoms with van der Waals surface area (Å²) in [7, 11) is 0. The summed E-state index contributed by atoms with van der Waals surface area (Å²) >= 11 is 0. The summed E-state index contributed by atoms with van der Waals surface area (Å²) < 4.78 is 16.7. The summed E-state index contributed by atoms with van der Waals surface area (Å²) in [5.74, 6) is -0.334. The number of aryl methyl sites for hydroxylation is 2. The van der Waals surface area contributed by atoms with Gasteiger partial charge in [0, 0.05) is 35.3 Å². The van der Waals surface area contributed by atoms with Crippen LogP contribution in [0.15, 0.2) is 66.9 Å². The van der Waals surface area contributed by atoms with Crippen LogP contribution in [-0.2, 0) is 6.54 Å². The van der Waals surface area contributed by atoms with Crippen molar-refractivity contribution < 1.29 is 9.18 Å². The number of hydrogen-bond donors (Lipinski definition) is 1. The predicted octanol–water partition coefficient (Wildman–Crippen LogP) is 3.66. The van der Waals surface area contributed by atoms with Gasteiger partial charge >= 0.3 is 0 Å². The van der Waals surface area contributed by atoms with E-state index in [4.69, 9.17) is 0 Å². The number of aromatic nitrogens is 6. The molecule has 3 heterocycles. The Morgan fingerprint density at radius 2 is 1.76 bits per heavy atom. The largest absolute Gasteiger partial charge is 0.345 e. The van der Waals surface area contributed by atoms with Gasteiger partial charge in [0.1, 0.15) is 5.82 Å². The highest BCUT2D eigenvalue weighted by molar-refractivity contribution is 5.90. The maximum absolute atomic E-state index is 13.5. The Morgan fingerprint density at radius 1 is 1.00 bits per heavy atom. The number of nitrogens with one attached hydrogen (secondary N) is 1. The Hall–Kier alpha value is -4.40. The molecule has 0 radical (unpaired) electrons. The van der Waals surface area contributed by atoms with E-state index in [0.29, 0.717) is 11.5 Å². The highest BCUT2D eigenvalue weighted by atomic mass is 19.1. The molecule has 0 unspecified atom stereocenters. The fraction of sp³-hybridized carbons (Fsp3) is 0.125. The zero-order valence-corrected chi connectivity index (χ0v) is 18.0. The summed E-state index contributed by atoms with van der Waals surface area (Å²) in [6.07, 6.45) is 1.85. The number of carbonyl (C=O) groups excluding carboxylic acids is 1. The molecular weight excluding hydrogens is 421 g/mol. The lowest BCUT2D eigenvalue weighted by Gasteiger charge is -2.04. The summed E-state index contributed by atoms with van der Waals surface area (Å²) in [5, 5.41) is 11.8. The molecule has 0 saturated carbocycles. The Kier molecular flexibility index (Phi) is 5.14. The summed E-state index contributed by atoms with van der Waals surface area (Å²) in [6.45, 7) is 3.94. The standard InChI is InChI=1S/C24H20FN7O/c1-15-12-16(2)32-24(27-15)28-22(30-32)23(33)26-13-18-14-31(20-6-4-3-5-7-20)29-21(18)17-8-10-19(25)11-9-17/h3-12,14H,13H2,1-2H3,(H,26,33). The Balaban J connectivity index is 1.44. The zero-order valence-electron chi connectivity index (χ0n) is 18.0. The van der Waals surface area contributed by atoms with Crippen molar-refractivity contribution in [1.29, 1.82) is 0 Å². The SMILES string of the molecule is Cc1cc(C)n2nc(C(=O)NCc3cn(-c4ccccc4)nc3-c3ccc(F)cc3)nc2n1. The summed E-state index contributed by atoms with van der Waals surface area (Å²) in [6, 6.07) is 17.6. The monoisotopic (exact) mass is 441 g/mol. The highest BCUT2D eigenvalue weighted by Gasteiger charge is 2.17. The van der Waals surface area contributed by atoms with Crippen molar-refractivity contribution in [2.24, 2.45) is 0 Å². The van der Waals surface area contributed by atoms with Crippen LogP contribution < -0.4 is 5.32 Å². The molecule has 0 aliphatic rings. The van der Waals surface area contributed by atoms with Crippen LogP contribution in [0.5, 0.6) is 0 Å². The normalized spacial score (nSPS) is 11.1. The van der Waals surface area contributed by atoms with E-state index in [2.05, 4.69) is 25.5 Å². The second-order valence-electron chi connectivity index (χ2n) is 7.66. The first-order chi connectivity index (χ1) is 16.0. The molecule has 0 fully saturated rings. The Labute approximate surface area is 188 Å². The lowest BCUT2D eigenvalue weighted by molar-refractivity contribution is 0.0941. The number of hydrogen-bond acceptors (Lipinski definition) is 5. The van der Waals surface area contributed by atoms with E-state index in [1.54, 1.807) is 21.3 Å². The van der Waals surface area contributed by atoms with Crippen molar-refractivity contribution >= 4 is 11.7 Å². The Bertz CT molecular complexity index is 1460. The second kappa shape index (κ2) is 8.27. The topological polar surface area (TPSA) is 90.0 Å². The molecule has 2 aromatic carbocycles. The molecule has 0 aliphatic heterocycles. The third-order valence-electron chi connectivity index (χ3n) is 5.19. The van der Waals surface area contributed by atoms with Gasteiger partial charge in [0.25, 0.3) is 11.7 Å². The first-order valence-corrected chi connectivity index (χ1v) is 10.4. The third kappa shape index (κ3) is 4.08. The molecule has 0 spiro atoms. The van der Waals surface area contributed by atoms with Crippen LogP contribution in [0.3, 0.4) is 0 Å². The van der Waals surface area contributed by atoms with Crippen LogP contribution in [0, 0.1) is 19.7 Å². The maximum Gasteiger partial charge on any atom is 0.291 e. The number of benzene rings is 2. The number of nitrogens with zero attached hydrogens (tertiary/aromatic N) is 6. The quantitative estimate of drug-likeness (QED) is 0.450. The molecule has 8 nitrogen and oxygen atoms in total. The average molecular weight is 441 g/mol. The van der Waals surface area contributed by atoms with E-state index in [0.717, 1.165) is 28.2 Å². The molecule has 5 rings (SSSR count). The van der Waals surface area contributed by atoms with E-state index in [-0.39, 0.29) is 18.2 Å². The van der Waals surface area contributed by atoms with Crippen LogP contribution >= 0.6 is 0 Å². The minimum absolute atomic E-state index is 0.0370. The molecule has 33 heavy (non-hydrogen) atoms. The van der Waals surface area contributed by atoms with Gasteiger partial charge in [0.05, 0.1) is 11.4 Å². The van der Waals surface area contributed by atoms with Gasteiger partial charge in [-0.25, -0.2) is 18.6 Å². The van der Waals surface area contributed by atoms with Crippen LogP contribution in [0.4, 0.5) is 4.39 Å². The fourth-order valence-electron chi connectivity index (χ4n) is 3.62. The number of fused-ring (bicyclic) bond motifs is 1. The number of para-hydroxylation sites is 1. The smallest absolute Gasteiger partial charge is 0.291 e. The van der Waals surface area contributed by atoms with Crippen LogP contribution in [0.25, 0.3) is 22.7 Å². The molecule has 9 heteroatoms. The van der Waals surface area contributed by atoms with Gasteiger partial charge in [0.15, 0.2) is 0 Å². The molecule has 0 aliphatic carbocycles. The van der Waals surface area contributed by atoms with Gasteiger partial charge in [-0.3, -0.25) is 4.79 Å². The molecular formula is C24H20FN7O. The van der Waals surface area contributed by atoms with Crippen LogP contribution in [0.2, 0.25) is 0 Å². The van der Waals surface area contributed by atoms with Crippen molar-refractivity contribution in [1.82, 2.24) is 34.7 Å². The van der Waals surface area contributed by atoms with E-state index in [1.165, 1.54) is 12.1 Å². The van der Waals surface area contributed by atoms with Gasteiger partial charge in [-0.15, -0.1) is 5.10 Å². The molecule has 3 aromatic heterocycles. The molecule has 164 valence electrons. The third-order valence-corrected chi connectivity index (χ3v) is 5.19. The van der Waals surface area contributed by atoms with Crippen molar-refractivity contribution in [3.8, 4) is 16.9 Å². The average Bonchev–Trinajstić information content (AvgIpc) is 3.43. The molecule has 0 bridgehead atoms. The predicted molar refractivity (Wildman–Crippen MR) is 120 cm³/mol. The van der Waals surface area contributed by atoms with Crippen molar-refractivity contribution in [2.45, 2.75) is 20.4 Å². The summed E-state index contributed by atoms with van der Waals surface area (Å²) in [4.78, 5) is 21.4. The van der Waals surface area contributed by atoms with E-state index < -0.39 is 5.91 Å². The summed E-state index contributed by atoms with van der Waals surface area (Å²) in [5.41, 5.74) is 4.68. The molecule has 1 amide bonds. The van der Waals surface area contributed by atoms with E-state index >= 15 is 0 Å². The first-order valence-electron chi connectivity index (χ1n) is 10.4. The van der Waals surface area contributed by atoms with Crippen molar-refractivity contribution in [3.63, 3.8) is 0 Å². The van der Waals surface area contributed by atoms with Gasteiger partial charge < -0.3 is 5.32 Å². The second-order valence-corrected chi connectivity index (χ2v) is 7.66. The highest BCUT2D eigenvalue weighted by Crippen LogP contribution is 2.24. The number of halogens is 1. The van der Waals surface area contributed by atoms with E-state index in [9.17, 15) is 9.18 Å². The molecule has 0 saturated heterocycles. The number of carbonyl (C=O) groups is 1. The molecule has 1 N–H and O–H groups in total. The lowest BCUT2D eigenvalue weighted by atomic mass is 10.1. The number of amides is 1. The van der Waals surface area contributed by atoms with Crippen LogP contribution in [-0.4, -0.2) is 35.3 Å². The molecule has 5 aromatic rings. The van der Waals surface area contributed by atoms with Gasteiger partial charge in [0.2, 0.25) is 5.82 Å². The number of rotatable bonds is 5. The van der Waals surface area contributed by atoms with Crippen molar-refractivity contribution in [2.75, 3.05) is 0 Å². The lowest BCUT2D eigenvalue weighted by Crippen LogP contribution is -2.24. The maximum atomic E-state index is 13.5. The van der Waals surface area contributed by atoms with Gasteiger partial charge in [-0.2, -0.15) is 10.1 Å².